The number of likely N-dealkylation sites (N-methyl/N-ethyl adjacent to an activating group) is 1. The van der Waals surface area contributed by atoms with E-state index in [9.17, 15) is 9.90 Å². The van der Waals surface area contributed by atoms with Gasteiger partial charge in [-0.05, 0) is 32.9 Å². The van der Waals surface area contributed by atoms with Crippen LogP contribution in [0.15, 0.2) is 24.3 Å². The summed E-state index contributed by atoms with van der Waals surface area (Å²) < 4.78 is 0. The Bertz CT molecular complexity index is 385. The Hall–Kier alpha value is -1.35. The number of nitrogens with zero attached hydrogens (tertiary/aromatic N) is 1. The highest BCUT2D eigenvalue weighted by Gasteiger charge is 2.27. The molecule has 3 nitrogen and oxygen atoms in total. The van der Waals surface area contributed by atoms with E-state index in [4.69, 9.17) is 0 Å². The molecule has 0 heterocycles. The van der Waals surface area contributed by atoms with Crippen LogP contribution in [0.25, 0.3) is 0 Å². The Morgan fingerprint density at radius 2 is 2.06 bits per heavy atom. The minimum Gasteiger partial charge on any atom is -0.394 e. The van der Waals surface area contributed by atoms with Crippen molar-refractivity contribution in [1.82, 2.24) is 4.90 Å². The summed E-state index contributed by atoms with van der Waals surface area (Å²) in [6.07, 6.45) is 0. The van der Waals surface area contributed by atoms with Gasteiger partial charge < -0.3 is 10.0 Å². The Labute approximate surface area is 96.7 Å². The van der Waals surface area contributed by atoms with Crippen LogP contribution >= 0.6 is 0 Å². The molecule has 0 aromatic heterocycles. The summed E-state index contributed by atoms with van der Waals surface area (Å²) in [4.78, 5) is 13.7. The molecular formula is C13H19NO2. The molecule has 0 unspecified atom stereocenters. The monoisotopic (exact) mass is 221 g/mol. The molecule has 1 aromatic carbocycles. The first-order valence-electron chi connectivity index (χ1n) is 5.34. The van der Waals surface area contributed by atoms with Crippen molar-refractivity contribution in [3.05, 3.63) is 35.4 Å². The predicted octanol–water partition coefficient (Wildman–Crippen LogP) is 1.84. The van der Waals surface area contributed by atoms with Crippen molar-refractivity contribution in [3.63, 3.8) is 0 Å². The molecule has 16 heavy (non-hydrogen) atoms. The molecule has 1 amide bonds. The molecule has 0 aliphatic heterocycles. The van der Waals surface area contributed by atoms with Gasteiger partial charge in [0.25, 0.3) is 5.91 Å². The normalized spacial score (nSPS) is 11.3. The molecule has 1 rings (SSSR count). The third-order valence-electron chi connectivity index (χ3n) is 2.86. The van der Waals surface area contributed by atoms with E-state index in [2.05, 4.69) is 0 Å². The summed E-state index contributed by atoms with van der Waals surface area (Å²) in [5.41, 5.74) is 1.17. The Morgan fingerprint density at radius 1 is 1.44 bits per heavy atom. The molecule has 0 bridgehead atoms. The maximum Gasteiger partial charge on any atom is 0.254 e. The fraction of sp³-hybridized carbons (Fsp3) is 0.462. The number of benzene rings is 1. The van der Waals surface area contributed by atoms with Crippen molar-refractivity contribution in [3.8, 4) is 0 Å². The number of hydrogen-bond donors (Lipinski definition) is 1. The summed E-state index contributed by atoms with van der Waals surface area (Å²) in [5, 5.41) is 9.22. The van der Waals surface area contributed by atoms with E-state index in [0.717, 1.165) is 5.56 Å². The minimum absolute atomic E-state index is 0.0545. The minimum atomic E-state index is -0.541. The van der Waals surface area contributed by atoms with E-state index in [1.54, 1.807) is 18.0 Å². The van der Waals surface area contributed by atoms with E-state index >= 15 is 0 Å². The van der Waals surface area contributed by atoms with Crippen molar-refractivity contribution in [2.45, 2.75) is 26.3 Å². The van der Waals surface area contributed by atoms with Crippen LogP contribution in [0.2, 0.25) is 0 Å². The van der Waals surface area contributed by atoms with Gasteiger partial charge in [-0.3, -0.25) is 4.79 Å². The van der Waals surface area contributed by atoms with Crippen LogP contribution in [0.1, 0.15) is 29.8 Å². The van der Waals surface area contributed by atoms with Crippen molar-refractivity contribution >= 4 is 5.91 Å². The van der Waals surface area contributed by atoms with Crippen LogP contribution in [0.4, 0.5) is 0 Å². The smallest absolute Gasteiger partial charge is 0.254 e. The molecular weight excluding hydrogens is 202 g/mol. The summed E-state index contributed by atoms with van der Waals surface area (Å²) in [5.74, 6) is -0.0669. The number of amides is 1. The third-order valence-corrected chi connectivity index (χ3v) is 2.86. The van der Waals surface area contributed by atoms with Gasteiger partial charge in [-0.2, -0.15) is 0 Å². The molecule has 0 atom stereocenters. The van der Waals surface area contributed by atoms with Crippen LogP contribution in [0.3, 0.4) is 0 Å². The summed E-state index contributed by atoms with van der Waals surface area (Å²) in [6, 6.07) is 7.46. The third kappa shape index (κ3) is 2.61. The van der Waals surface area contributed by atoms with Gasteiger partial charge in [0.1, 0.15) is 0 Å². The highest BCUT2D eigenvalue weighted by atomic mass is 16.3. The van der Waals surface area contributed by atoms with Crippen molar-refractivity contribution in [2.24, 2.45) is 0 Å². The van der Waals surface area contributed by atoms with Crippen LogP contribution in [0, 0.1) is 6.92 Å². The Kier molecular flexibility index (Phi) is 3.70. The van der Waals surface area contributed by atoms with Gasteiger partial charge in [0.2, 0.25) is 0 Å². The summed E-state index contributed by atoms with van der Waals surface area (Å²) in [7, 11) is 1.71. The average Bonchev–Trinajstić information content (AvgIpc) is 2.27. The number of aliphatic hydroxyl groups excluding tert-OH is 1. The number of aryl methyl sites for hydroxylation is 1. The van der Waals surface area contributed by atoms with Crippen LogP contribution < -0.4 is 0 Å². The largest absolute Gasteiger partial charge is 0.394 e. The van der Waals surface area contributed by atoms with Gasteiger partial charge in [0, 0.05) is 12.6 Å². The van der Waals surface area contributed by atoms with E-state index in [0.29, 0.717) is 5.56 Å². The molecule has 1 N–H and O–H groups in total. The highest BCUT2D eigenvalue weighted by Crippen LogP contribution is 2.15. The molecule has 0 saturated carbocycles. The number of aliphatic hydroxyl groups is 1. The average molecular weight is 221 g/mol. The lowest BCUT2D eigenvalue weighted by Crippen LogP contribution is -2.47. The van der Waals surface area contributed by atoms with Gasteiger partial charge in [-0.15, -0.1) is 0 Å². The maximum absolute atomic E-state index is 12.1. The standard InChI is InChI=1S/C13H19NO2/c1-10-6-5-7-11(8-10)12(16)14(4)13(2,3)9-15/h5-8,15H,9H2,1-4H3. The molecule has 0 fully saturated rings. The zero-order chi connectivity index (χ0) is 12.3. The van der Waals surface area contributed by atoms with E-state index < -0.39 is 5.54 Å². The van der Waals surface area contributed by atoms with Crippen molar-refractivity contribution < 1.29 is 9.90 Å². The van der Waals surface area contributed by atoms with Crippen molar-refractivity contribution in [2.75, 3.05) is 13.7 Å². The van der Waals surface area contributed by atoms with Crippen molar-refractivity contribution in [1.29, 1.82) is 0 Å². The summed E-state index contributed by atoms with van der Waals surface area (Å²) >= 11 is 0. The quantitative estimate of drug-likeness (QED) is 0.846. The fourth-order valence-electron chi connectivity index (χ4n) is 1.35. The van der Waals surface area contributed by atoms with Gasteiger partial charge in [-0.25, -0.2) is 0 Å². The topological polar surface area (TPSA) is 40.5 Å². The van der Waals surface area contributed by atoms with Crippen LogP contribution in [-0.4, -0.2) is 35.1 Å². The number of carbonyl (C=O) groups is 1. The van der Waals surface area contributed by atoms with Gasteiger partial charge in [0.05, 0.1) is 12.1 Å². The summed E-state index contributed by atoms with van der Waals surface area (Å²) in [6.45, 7) is 5.57. The molecule has 0 aliphatic rings. The number of hydrogen-bond acceptors (Lipinski definition) is 2. The molecule has 0 radical (unpaired) electrons. The van der Waals surface area contributed by atoms with E-state index in [1.807, 2.05) is 39.0 Å². The Morgan fingerprint density at radius 3 is 2.56 bits per heavy atom. The van der Waals surface area contributed by atoms with E-state index in [-0.39, 0.29) is 12.5 Å². The van der Waals surface area contributed by atoms with E-state index in [1.165, 1.54) is 0 Å². The lowest BCUT2D eigenvalue weighted by atomic mass is 10.0. The second kappa shape index (κ2) is 4.66. The molecule has 0 spiro atoms. The predicted molar refractivity (Wildman–Crippen MR) is 64.4 cm³/mol. The number of rotatable bonds is 3. The maximum atomic E-state index is 12.1. The Balaban J connectivity index is 2.95. The first kappa shape index (κ1) is 12.7. The second-order valence-corrected chi connectivity index (χ2v) is 4.70. The molecule has 88 valence electrons. The first-order chi connectivity index (χ1) is 7.38. The van der Waals surface area contributed by atoms with Gasteiger partial charge >= 0.3 is 0 Å². The first-order valence-corrected chi connectivity index (χ1v) is 5.34. The van der Waals surface area contributed by atoms with Gasteiger partial charge in [0.15, 0.2) is 0 Å². The lowest BCUT2D eigenvalue weighted by molar-refractivity contribution is 0.0473. The van der Waals surface area contributed by atoms with Crippen LogP contribution in [-0.2, 0) is 0 Å². The lowest BCUT2D eigenvalue weighted by Gasteiger charge is -2.34. The fourth-order valence-corrected chi connectivity index (χ4v) is 1.35. The second-order valence-electron chi connectivity index (χ2n) is 4.70. The molecule has 1 aromatic rings. The zero-order valence-corrected chi connectivity index (χ0v) is 10.3. The zero-order valence-electron chi connectivity index (χ0n) is 10.3. The molecule has 0 aliphatic carbocycles. The molecule has 3 heteroatoms. The SMILES string of the molecule is Cc1cccc(C(=O)N(C)C(C)(C)CO)c1. The van der Waals surface area contributed by atoms with Crippen LogP contribution in [0.5, 0.6) is 0 Å². The van der Waals surface area contributed by atoms with Gasteiger partial charge in [-0.1, -0.05) is 17.7 Å². The highest BCUT2D eigenvalue weighted by molar-refractivity contribution is 5.94. The molecule has 0 saturated heterocycles. The number of carbonyl (C=O) groups excluding carboxylic acids is 1.